The maximum absolute atomic E-state index is 13.6. The lowest BCUT2D eigenvalue weighted by molar-refractivity contribution is -0.143. The number of amides is 1. The Labute approximate surface area is 275 Å². The molecule has 2 atom stereocenters. The van der Waals surface area contributed by atoms with Crippen LogP contribution in [0.15, 0.2) is 54.7 Å². The average molecular weight is 690 g/mol. The third kappa shape index (κ3) is 6.34. The summed E-state index contributed by atoms with van der Waals surface area (Å²) < 4.78 is 94.2. The molecule has 0 radical (unpaired) electrons. The maximum Gasteiger partial charge on any atom is 0.416 e. The number of nitrogens with zero attached hydrogens (tertiary/aromatic N) is 5. The van der Waals surface area contributed by atoms with Crippen molar-refractivity contribution in [2.24, 2.45) is 7.05 Å². The van der Waals surface area contributed by atoms with E-state index >= 15 is 0 Å². The Kier molecular flexibility index (Phi) is 8.44. The molecule has 10 nitrogen and oxygen atoms in total. The van der Waals surface area contributed by atoms with E-state index in [1.165, 1.54) is 29.7 Å². The van der Waals surface area contributed by atoms with Crippen molar-refractivity contribution in [3.8, 4) is 28.3 Å². The van der Waals surface area contributed by atoms with Gasteiger partial charge < -0.3 is 24.0 Å². The van der Waals surface area contributed by atoms with Crippen molar-refractivity contribution in [3.63, 3.8) is 0 Å². The lowest BCUT2D eigenvalue weighted by atomic mass is 9.96. The predicted octanol–water partition coefficient (Wildman–Crippen LogP) is 7.19. The van der Waals surface area contributed by atoms with Crippen LogP contribution in [-0.2, 0) is 30.7 Å². The first-order valence-electron chi connectivity index (χ1n) is 15.0. The fourth-order valence-electron chi connectivity index (χ4n) is 5.98. The number of carboxylic acids is 1. The van der Waals surface area contributed by atoms with Crippen LogP contribution in [0.2, 0.25) is 0 Å². The van der Waals surface area contributed by atoms with Crippen LogP contribution in [0.5, 0.6) is 5.75 Å². The van der Waals surface area contributed by atoms with Gasteiger partial charge in [0, 0.05) is 36.8 Å². The number of carboxylic acid groups (broad SMARTS) is 1. The maximum atomic E-state index is 13.6. The first kappa shape index (κ1) is 33.6. The quantitative estimate of drug-likeness (QED) is 0.194. The highest BCUT2D eigenvalue weighted by atomic mass is 19.4. The molecule has 2 aliphatic heterocycles. The molecule has 16 heteroatoms. The van der Waals surface area contributed by atoms with Crippen molar-refractivity contribution in [2.75, 3.05) is 25.1 Å². The Bertz CT molecular complexity index is 1910. The molecular formula is C33H29F6N5O5. The van der Waals surface area contributed by atoms with Crippen LogP contribution in [0, 0.1) is 0 Å². The summed E-state index contributed by atoms with van der Waals surface area (Å²) >= 11 is 0. The number of aromatic carboxylic acids is 1. The van der Waals surface area contributed by atoms with E-state index < -0.39 is 53.3 Å². The minimum Gasteiger partial charge on any atom is -0.496 e. The number of hydrogen-bond acceptors (Lipinski definition) is 7. The number of rotatable bonds is 8. The van der Waals surface area contributed by atoms with Crippen LogP contribution in [-0.4, -0.2) is 62.8 Å². The predicted molar refractivity (Wildman–Crippen MR) is 163 cm³/mol. The van der Waals surface area contributed by atoms with Gasteiger partial charge in [0.15, 0.2) is 0 Å². The number of benzene rings is 2. The summed E-state index contributed by atoms with van der Waals surface area (Å²) in [6.45, 7) is 2.76. The zero-order valence-electron chi connectivity index (χ0n) is 26.3. The number of alkyl halides is 6. The molecule has 2 saturated heterocycles. The number of carbonyl (C=O) groups is 2. The third-order valence-electron chi connectivity index (χ3n) is 8.75. The Morgan fingerprint density at radius 3 is 2.22 bits per heavy atom. The van der Waals surface area contributed by atoms with Gasteiger partial charge >= 0.3 is 24.4 Å². The van der Waals surface area contributed by atoms with Crippen molar-refractivity contribution in [1.82, 2.24) is 19.4 Å². The molecule has 2 aromatic heterocycles. The number of halogens is 6. The monoisotopic (exact) mass is 689 g/mol. The number of hydrogen-bond donors (Lipinski definition) is 1. The fourth-order valence-corrected chi connectivity index (χ4v) is 5.98. The van der Waals surface area contributed by atoms with Crippen LogP contribution in [0.1, 0.15) is 52.3 Å². The highest BCUT2D eigenvalue weighted by molar-refractivity contribution is 5.87. The molecule has 6 rings (SSSR count). The Balaban J connectivity index is 1.41. The Morgan fingerprint density at radius 1 is 1.00 bits per heavy atom. The van der Waals surface area contributed by atoms with Gasteiger partial charge in [-0.15, -0.1) is 0 Å². The number of aromatic nitrogens is 3. The van der Waals surface area contributed by atoms with E-state index in [4.69, 9.17) is 14.5 Å². The second-order valence-corrected chi connectivity index (χ2v) is 11.8. The molecule has 0 spiro atoms. The van der Waals surface area contributed by atoms with Crippen LogP contribution in [0.3, 0.4) is 0 Å². The molecular weight excluding hydrogens is 660 g/mol. The molecule has 4 aromatic rings. The lowest BCUT2D eigenvalue weighted by Gasteiger charge is -2.33. The largest absolute Gasteiger partial charge is 0.496 e. The lowest BCUT2D eigenvalue weighted by Crippen LogP contribution is -2.38. The van der Waals surface area contributed by atoms with E-state index in [-0.39, 0.29) is 18.3 Å². The third-order valence-corrected chi connectivity index (χ3v) is 8.75. The Morgan fingerprint density at radius 2 is 1.67 bits per heavy atom. The van der Waals surface area contributed by atoms with E-state index in [1.807, 2.05) is 4.90 Å². The molecule has 1 amide bonds. The molecule has 2 aliphatic rings. The molecule has 2 fully saturated rings. The van der Waals surface area contributed by atoms with E-state index in [2.05, 4.69) is 4.98 Å². The highest BCUT2D eigenvalue weighted by Gasteiger charge is 2.43. The van der Waals surface area contributed by atoms with Gasteiger partial charge in [-0.1, -0.05) is 0 Å². The van der Waals surface area contributed by atoms with Crippen molar-refractivity contribution in [3.05, 3.63) is 82.8 Å². The van der Waals surface area contributed by atoms with Gasteiger partial charge in [-0.2, -0.15) is 26.3 Å². The number of cyclic esters (lactones) is 1. The van der Waals surface area contributed by atoms with Crippen molar-refractivity contribution in [2.45, 2.75) is 44.4 Å². The number of pyridine rings is 1. The number of anilines is 1. The molecule has 1 N–H and O–H groups in total. The summed E-state index contributed by atoms with van der Waals surface area (Å²) in [4.78, 5) is 37.2. The second kappa shape index (κ2) is 12.3. The minimum absolute atomic E-state index is 0.0229. The van der Waals surface area contributed by atoms with E-state index in [1.54, 1.807) is 37.4 Å². The molecule has 0 aliphatic carbocycles. The van der Waals surface area contributed by atoms with Gasteiger partial charge in [0.2, 0.25) is 0 Å². The fraction of sp³-hybridized carbons (Fsp3) is 0.333. The highest BCUT2D eigenvalue weighted by Crippen LogP contribution is 2.42. The number of ether oxygens (including phenoxy) is 2. The first-order valence-corrected chi connectivity index (χ1v) is 15.0. The zero-order valence-corrected chi connectivity index (χ0v) is 26.3. The van der Waals surface area contributed by atoms with E-state index in [0.29, 0.717) is 51.9 Å². The van der Waals surface area contributed by atoms with Gasteiger partial charge in [0.1, 0.15) is 29.2 Å². The van der Waals surface area contributed by atoms with Crippen LogP contribution in [0.25, 0.3) is 22.5 Å². The topological polar surface area (TPSA) is 110 Å². The normalized spacial score (nSPS) is 18.0. The number of imidazole rings is 1. The SMILES string of the molecule is COc1ccc(-c2ncc(C(=O)O)n2C)cc1-c1ccc(N2CCC2)nc1CN1C(=O)OC(c2cc(C(F)(F)F)cc(C(F)(F)F)c2)[C@@H]1C. The van der Waals surface area contributed by atoms with E-state index in [9.17, 15) is 41.0 Å². The first-order chi connectivity index (χ1) is 23.1. The van der Waals surface area contributed by atoms with Crippen molar-refractivity contribution >= 4 is 17.9 Å². The second-order valence-electron chi connectivity index (χ2n) is 11.8. The molecule has 0 saturated carbocycles. The zero-order chi connectivity index (χ0) is 35.4. The molecule has 1 unspecified atom stereocenters. The summed E-state index contributed by atoms with van der Waals surface area (Å²) in [5, 5.41) is 9.51. The average Bonchev–Trinajstić information content (AvgIpc) is 3.53. The van der Waals surface area contributed by atoms with Crippen LogP contribution < -0.4 is 9.64 Å². The molecule has 0 bridgehead atoms. The van der Waals surface area contributed by atoms with Gasteiger partial charge in [0.25, 0.3) is 0 Å². The van der Waals surface area contributed by atoms with E-state index in [0.717, 1.165) is 19.5 Å². The van der Waals surface area contributed by atoms with Gasteiger partial charge in [-0.25, -0.2) is 19.6 Å². The summed E-state index contributed by atoms with van der Waals surface area (Å²) in [5.74, 6) is 0.217. The summed E-state index contributed by atoms with van der Waals surface area (Å²) in [7, 11) is 3.02. The molecule has 4 heterocycles. The molecule has 2 aromatic carbocycles. The van der Waals surface area contributed by atoms with Crippen LogP contribution in [0.4, 0.5) is 37.0 Å². The summed E-state index contributed by atoms with van der Waals surface area (Å²) in [5.41, 5.74) is -1.58. The standard InChI is InChI=1S/C33H29F6N5O5/c1-17-28(19-11-20(32(34,35)36)14-21(12-19)33(37,38)39)49-31(47)44(17)16-24-22(6-8-27(41-24)43-9-4-10-43)23-13-18(5-7-26(23)48-3)29-40-15-25(30(45)46)42(29)2/h5-8,11-15,17,28H,4,9-10,16H2,1-3H3,(H,45,46)/t17-,28?/m0/s1. The van der Waals surface area contributed by atoms with Crippen molar-refractivity contribution < 1.29 is 50.5 Å². The minimum atomic E-state index is -5.07. The Hall–Kier alpha value is -5.28. The molecule has 49 heavy (non-hydrogen) atoms. The van der Waals surface area contributed by atoms with Crippen LogP contribution >= 0.6 is 0 Å². The smallest absolute Gasteiger partial charge is 0.416 e. The summed E-state index contributed by atoms with van der Waals surface area (Å²) in [6, 6.07) is 8.83. The number of methoxy groups -OCH3 is 1. The van der Waals surface area contributed by atoms with Gasteiger partial charge in [-0.3, -0.25) is 4.90 Å². The van der Waals surface area contributed by atoms with Crippen molar-refractivity contribution in [1.29, 1.82) is 0 Å². The van der Waals surface area contributed by atoms with Gasteiger partial charge in [-0.05, 0) is 67.4 Å². The number of carbonyl (C=O) groups excluding carboxylic acids is 1. The van der Waals surface area contributed by atoms with Gasteiger partial charge in [0.05, 0.1) is 42.7 Å². The summed E-state index contributed by atoms with van der Waals surface area (Å²) in [6.07, 6.45) is -10.4. The molecule has 258 valence electrons.